The molecule has 1 amide bonds. The van der Waals surface area contributed by atoms with Crippen LogP contribution in [0.25, 0.3) is 0 Å². The van der Waals surface area contributed by atoms with Crippen molar-refractivity contribution >= 4 is 17.3 Å². The van der Waals surface area contributed by atoms with Crippen molar-refractivity contribution in [3.05, 3.63) is 59.7 Å². The molecule has 0 saturated heterocycles. The average Bonchev–Trinajstić information content (AvgIpc) is 2.76. The number of nitrogens with zero attached hydrogens (tertiary/aromatic N) is 2. The quantitative estimate of drug-likeness (QED) is 0.806. The van der Waals surface area contributed by atoms with Gasteiger partial charge in [0.2, 0.25) is 0 Å². The molecule has 0 unspecified atom stereocenters. The summed E-state index contributed by atoms with van der Waals surface area (Å²) < 4.78 is 5.39. The molecule has 4 heteroatoms. The van der Waals surface area contributed by atoms with Gasteiger partial charge in [0.05, 0.1) is 18.5 Å². The molecule has 1 heterocycles. The van der Waals surface area contributed by atoms with Gasteiger partial charge in [0.25, 0.3) is 5.91 Å². The van der Waals surface area contributed by atoms with Gasteiger partial charge in [-0.05, 0) is 37.5 Å². The highest BCUT2D eigenvalue weighted by molar-refractivity contribution is 6.20. The Labute approximate surface area is 155 Å². The molecule has 0 N–H and O–H groups in total. The lowest BCUT2D eigenvalue weighted by Crippen LogP contribution is -2.38. The number of benzene rings is 2. The van der Waals surface area contributed by atoms with E-state index in [1.807, 2.05) is 60.4 Å². The Morgan fingerprint density at radius 1 is 1.15 bits per heavy atom. The van der Waals surface area contributed by atoms with E-state index in [1.54, 1.807) is 7.11 Å². The highest BCUT2D eigenvalue weighted by atomic mass is 16.5. The van der Waals surface area contributed by atoms with E-state index < -0.39 is 0 Å². The summed E-state index contributed by atoms with van der Waals surface area (Å²) in [5.74, 6) is 1.25. The second-order valence-electron chi connectivity index (χ2n) is 6.95. The molecule has 0 bridgehead atoms. The molecule has 1 aliphatic rings. The lowest BCUT2D eigenvalue weighted by Gasteiger charge is -2.24. The minimum Gasteiger partial charge on any atom is -0.497 e. The van der Waals surface area contributed by atoms with Crippen LogP contribution in [0.5, 0.6) is 5.75 Å². The summed E-state index contributed by atoms with van der Waals surface area (Å²) in [5.41, 5.74) is 3.74. The van der Waals surface area contributed by atoms with Crippen molar-refractivity contribution in [1.82, 2.24) is 0 Å². The standard InChI is InChI=1S/C22H26N2O2/c1-5-24-20-12-7-6-11-18(20)21(16-9-8-10-17(14-16)26-4)23-19(22(24)25)13-15(2)3/h6-12,14-15,19H,5,13H2,1-4H3/t19-/m1/s1. The topological polar surface area (TPSA) is 41.9 Å². The lowest BCUT2D eigenvalue weighted by atomic mass is 9.99. The lowest BCUT2D eigenvalue weighted by molar-refractivity contribution is -0.120. The van der Waals surface area contributed by atoms with Gasteiger partial charge in [-0.3, -0.25) is 9.79 Å². The summed E-state index contributed by atoms with van der Waals surface area (Å²) in [6.45, 7) is 6.90. The fraction of sp³-hybridized carbons (Fsp3) is 0.364. The van der Waals surface area contributed by atoms with Crippen LogP contribution in [0.3, 0.4) is 0 Å². The predicted molar refractivity (Wildman–Crippen MR) is 106 cm³/mol. The zero-order valence-corrected chi connectivity index (χ0v) is 15.9. The smallest absolute Gasteiger partial charge is 0.251 e. The van der Waals surface area contributed by atoms with E-state index in [-0.39, 0.29) is 11.9 Å². The van der Waals surface area contributed by atoms with Gasteiger partial charge in [-0.2, -0.15) is 0 Å². The highest BCUT2D eigenvalue weighted by Crippen LogP contribution is 2.30. The van der Waals surface area contributed by atoms with Gasteiger partial charge in [0, 0.05) is 17.7 Å². The maximum Gasteiger partial charge on any atom is 0.251 e. The van der Waals surface area contributed by atoms with Crippen LogP contribution < -0.4 is 9.64 Å². The number of carbonyl (C=O) groups is 1. The van der Waals surface area contributed by atoms with E-state index in [9.17, 15) is 4.79 Å². The normalized spacial score (nSPS) is 17.0. The summed E-state index contributed by atoms with van der Waals surface area (Å²) in [6.07, 6.45) is 0.733. The van der Waals surface area contributed by atoms with Crippen molar-refractivity contribution in [2.75, 3.05) is 18.6 Å². The van der Waals surface area contributed by atoms with Crippen molar-refractivity contribution in [1.29, 1.82) is 0 Å². The highest BCUT2D eigenvalue weighted by Gasteiger charge is 2.31. The predicted octanol–water partition coefficient (Wildman–Crippen LogP) is 4.31. The third-order valence-corrected chi connectivity index (χ3v) is 4.64. The number of anilines is 1. The van der Waals surface area contributed by atoms with Crippen LogP contribution in [0.2, 0.25) is 0 Å². The van der Waals surface area contributed by atoms with Gasteiger partial charge >= 0.3 is 0 Å². The largest absolute Gasteiger partial charge is 0.497 e. The van der Waals surface area contributed by atoms with Gasteiger partial charge in [-0.1, -0.05) is 44.2 Å². The SMILES string of the molecule is CCN1C(=O)[C@@H](CC(C)C)N=C(c2cccc(OC)c2)c2ccccc21. The van der Waals surface area contributed by atoms with E-state index in [2.05, 4.69) is 13.8 Å². The number of ether oxygens (including phenoxy) is 1. The number of hydrogen-bond acceptors (Lipinski definition) is 3. The molecule has 0 radical (unpaired) electrons. The van der Waals surface area contributed by atoms with Crippen molar-refractivity contribution in [2.24, 2.45) is 10.9 Å². The van der Waals surface area contributed by atoms with Crippen molar-refractivity contribution < 1.29 is 9.53 Å². The Morgan fingerprint density at radius 2 is 1.92 bits per heavy atom. The van der Waals surface area contributed by atoms with Crippen LogP contribution in [0.1, 0.15) is 38.3 Å². The maximum atomic E-state index is 13.2. The van der Waals surface area contributed by atoms with Crippen LogP contribution >= 0.6 is 0 Å². The number of amides is 1. The second kappa shape index (κ2) is 7.73. The number of carbonyl (C=O) groups excluding carboxylic acids is 1. The van der Waals surface area contributed by atoms with E-state index in [0.717, 1.165) is 34.7 Å². The first kappa shape index (κ1) is 18.2. The number of benzodiazepines with no additional fused rings is 1. The van der Waals surface area contributed by atoms with E-state index in [0.29, 0.717) is 12.5 Å². The molecule has 0 spiro atoms. The molecule has 0 aliphatic carbocycles. The van der Waals surface area contributed by atoms with Crippen molar-refractivity contribution in [3.63, 3.8) is 0 Å². The molecule has 2 aromatic rings. The van der Waals surface area contributed by atoms with E-state index >= 15 is 0 Å². The van der Waals surface area contributed by atoms with E-state index in [1.165, 1.54) is 0 Å². The zero-order chi connectivity index (χ0) is 18.7. The molecule has 1 atom stereocenters. The average molecular weight is 350 g/mol. The number of hydrogen-bond donors (Lipinski definition) is 0. The van der Waals surface area contributed by atoms with Crippen LogP contribution in [0.4, 0.5) is 5.69 Å². The van der Waals surface area contributed by atoms with Gasteiger partial charge in [0.15, 0.2) is 0 Å². The summed E-state index contributed by atoms with van der Waals surface area (Å²) >= 11 is 0. The number of methoxy groups -OCH3 is 1. The number of aliphatic imine (C=N–C) groups is 1. The number of fused-ring (bicyclic) bond motifs is 1. The third-order valence-electron chi connectivity index (χ3n) is 4.64. The summed E-state index contributed by atoms with van der Waals surface area (Å²) in [4.78, 5) is 20.0. The molecular weight excluding hydrogens is 324 g/mol. The fourth-order valence-corrected chi connectivity index (χ4v) is 3.42. The Kier molecular flexibility index (Phi) is 5.40. The zero-order valence-electron chi connectivity index (χ0n) is 15.9. The van der Waals surface area contributed by atoms with Gasteiger partial charge in [-0.15, -0.1) is 0 Å². The molecule has 0 saturated carbocycles. The first-order valence-corrected chi connectivity index (χ1v) is 9.18. The van der Waals surface area contributed by atoms with Crippen molar-refractivity contribution in [2.45, 2.75) is 33.2 Å². The molecule has 136 valence electrons. The Morgan fingerprint density at radius 3 is 2.62 bits per heavy atom. The molecular formula is C22H26N2O2. The molecule has 26 heavy (non-hydrogen) atoms. The van der Waals surface area contributed by atoms with Crippen LogP contribution in [0.15, 0.2) is 53.5 Å². The molecule has 3 rings (SSSR count). The molecule has 4 nitrogen and oxygen atoms in total. The summed E-state index contributed by atoms with van der Waals surface area (Å²) in [6, 6.07) is 15.5. The van der Waals surface area contributed by atoms with Gasteiger partial charge < -0.3 is 9.64 Å². The monoisotopic (exact) mass is 350 g/mol. The third kappa shape index (κ3) is 3.50. The van der Waals surface area contributed by atoms with Crippen LogP contribution in [-0.2, 0) is 4.79 Å². The van der Waals surface area contributed by atoms with Gasteiger partial charge in [0.1, 0.15) is 11.8 Å². The molecule has 0 fully saturated rings. The number of likely N-dealkylation sites (N-methyl/N-ethyl adjacent to an activating group) is 1. The first-order chi connectivity index (χ1) is 12.5. The molecule has 0 aromatic heterocycles. The summed E-state index contributed by atoms with van der Waals surface area (Å²) in [7, 11) is 1.66. The Bertz CT molecular complexity index is 826. The Balaban J connectivity index is 2.21. The van der Waals surface area contributed by atoms with Crippen LogP contribution in [0, 0.1) is 5.92 Å². The van der Waals surface area contributed by atoms with Crippen molar-refractivity contribution in [3.8, 4) is 5.75 Å². The fourth-order valence-electron chi connectivity index (χ4n) is 3.42. The molecule has 1 aliphatic heterocycles. The van der Waals surface area contributed by atoms with Crippen LogP contribution in [-0.4, -0.2) is 31.3 Å². The maximum absolute atomic E-state index is 13.2. The van der Waals surface area contributed by atoms with E-state index in [4.69, 9.17) is 9.73 Å². The second-order valence-corrected chi connectivity index (χ2v) is 6.95. The first-order valence-electron chi connectivity index (χ1n) is 9.18. The minimum absolute atomic E-state index is 0.0755. The number of rotatable bonds is 5. The molecule has 2 aromatic carbocycles. The summed E-state index contributed by atoms with van der Waals surface area (Å²) in [5, 5.41) is 0. The Hall–Kier alpha value is -2.62. The minimum atomic E-state index is -0.372. The number of para-hydroxylation sites is 1. The van der Waals surface area contributed by atoms with Gasteiger partial charge in [-0.25, -0.2) is 0 Å².